The predicted octanol–water partition coefficient (Wildman–Crippen LogP) is 2.35. The van der Waals surface area contributed by atoms with Crippen molar-refractivity contribution in [1.82, 2.24) is 10.2 Å². The first-order valence-corrected chi connectivity index (χ1v) is 8.25. The smallest absolute Gasteiger partial charge is 0.310 e. The third kappa shape index (κ3) is 4.44. The molecule has 1 aliphatic carbocycles. The van der Waals surface area contributed by atoms with Crippen molar-refractivity contribution in [2.75, 3.05) is 27.2 Å². The Morgan fingerprint density at radius 3 is 2.58 bits per heavy atom. The Morgan fingerprint density at radius 1 is 1.29 bits per heavy atom. The van der Waals surface area contributed by atoms with Crippen molar-refractivity contribution in [1.29, 1.82) is 0 Å². The topological polar surface area (TPSA) is 84.7 Å². The fourth-order valence-corrected chi connectivity index (χ4v) is 3.18. The van der Waals surface area contributed by atoms with Gasteiger partial charge in [0, 0.05) is 18.2 Å². The number of hydrogen-bond acceptors (Lipinski definition) is 5. The van der Waals surface area contributed by atoms with Crippen LogP contribution in [0.5, 0.6) is 5.75 Å². The van der Waals surface area contributed by atoms with Gasteiger partial charge in [-0.05, 0) is 33.0 Å². The van der Waals surface area contributed by atoms with E-state index in [1.54, 1.807) is 12.1 Å². The minimum Gasteiger partial charge on any atom is -0.477 e. The maximum atomic E-state index is 12.1. The van der Waals surface area contributed by atoms with E-state index >= 15 is 0 Å². The molecule has 1 aromatic rings. The molecule has 0 aliphatic heterocycles. The maximum Gasteiger partial charge on any atom is 0.310 e. The number of hydrogen-bond donors (Lipinski definition) is 1. The highest BCUT2D eigenvalue weighted by Crippen LogP contribution is 2.31. The fourth-order valence-electron chi connectivity index (χ4n) is 3.18. The van der Waals surface area contributed by atoms with Gasteiger partial charge < -0.3 is 15.0 Å². The Balaban J connectivity index is 1.88. The number of nitrogens with zero attached hydrogens (tertiary/aromatic N) is 2. The number of amides is 1. The second kappa shape index (κ2) is 8.10. The van der Waals surface area contributed by atoms with Crippen molar-refractivity contribution in [3.63, 3.8) is 0 Å². The lowest BCUT2D eigenvalue weighted by molar-refractivity contribution is -0.385. The van der Waals surface area contributed by atoms with Gasteiger partial charge in [0.05, 0.1) is 4.92 Å². The number of ether oxygens (including phenoxy) is 1. The van der Waals surface area contributed by atoms with Gasteiger partial charge in [-0.2, -0.15) is 0 Å². The highest BCUT2D eigenvalue weighted by Gasteiger charge is 2.34. The Kier molecular flexibility index (Phi) is 6.14. The minimum atomic E-state index is -0.518. The van der Waals surface area contributed by atoms with Gasteiger partial charge in [-0.1, -0.05) is 31.4 Å². The van der Waals surface area contributed by atoms with Crippen molar-refractivity contribution in [3.8, 4) is 5.75 Å². The van der Waals surface area contributed by atoms with E-state index in [9.17, 15) is 14.9 Å². The number of carbonyl (C=O) groups is 1. The molecule has 0 aromatic heterocycles. The zero-order chi connectivity index (χ0) is 17.6. The molecule has 0 radical (unpaired) electrons. The lowest BCUT2D eigenvalue weighted by atomic mass is 9.80. The van der Waals surface area contributed by atoms with Crippen LogP contribution in [0.3, 0.4) is 0 Å². The average Bonchev–Trinajstić information content (AvgIpc) is 2.59. The first-order valence-electron chi connectivity index (χ1n) is 8.25. The van der Waals surface area contributed by atoms with Gasteiger partial charge in [0.2, 0.25) is 0 Å². The van der Waals surface area contributed by atoms with E-state index in [-0.39, 0.29) is 29.5 Å². The molecule has 1 aromatic carbocycles. The molecule has 0 heterocycles. The first-order chi connectivity index (χ1) is 11.4. The van der Waals surface area contributed by atoms with Crippen molar-refractivity contribution < 1.29 is 14.5 Å². The molecule has 2 rings (SSSR count). The molecular formula is C17H25N3O4. The summed E-state index contributed by atoms with van der Waals surface area (Å²) in [4.78, 5) is 24.7. The first kappa shape index (κ1) is 18.2. The van der Waals surface area contributed by atoms with E-state index in [0.29, 0.717) is 6.54 Å². The van der Waals surface area contributed by atoms with Crippen molar-refractivity contribution in [2.45, 2.75) is 37.6 Å². The monoisotopic (exact) mass is 335 g/mol. The van der Waals surface area contributed by atoms with Crippen LogP contribution in [0.1, 0.15) is 32.1 Å². The molecule has 0 saturated heterocycles. The molecule has 7 nitrogen and oxygen atoms in total. The van der Waals surface area contributed by atoms with E-state index < -0.39 is 4.92 Å². The Morgan fingerprint density at radius 2 is 1.96 bits per heavy atom. The van der Waals surface area contributed by atoms with Crippen LogP contribution < -0.4 is 10.1 Å². The van der Waals surface area contributed by atoms with Gasteiger partial charge in [-0.3, -0.25) is 14.9 Å². The number of likely N-dealkylation sites (N-methyl/N-ethyl adjacent to an activating group) is 1. The minimum absolute atomic E-state index is 0.00729. The largest absolute Gasteiger partial charge is 0.477 e. The van der Waals surface area contributed by atoms with E-state index in [2.05, 4.69) is 10.2 Å². The molecule has 0 bridgehead atoms. The van der Waals surface area contributed by atoms with Crippen molar-refractivity contribution in [2.24, 2.45) is 0 Å². The normalized spacial score (nSPS) is 16.6. The molecule has 1 N–H and O–H groups in total. The van der Waals surface area contributed by atoms with E-state index in [1.165, 1.54) is 31.4 Å². The van der Waals surface area contributed by atoms with Crippen LogP contribution in [0.25, 0.3) is 0 Å². The summed E-state index contributed by atoms with van der Waals surface area (Å²) in [5.74, 6) is -0.155. The number of rotatable bonds is 7. The van der Waals surface area contributed by atoms with Gasteiger partial charge in [-0.25, -0.2) is 0 Å². The van der Waals surface area contributed by atoms with Crippen LogP contribution in [0.2, 0.25) is 0 Å². The van der Waals surface area contributed by atoms with Gasteiger partial charge >= 0.3 is 5.69 Å². The predicted molar refractivity (Wildman–Crippen MR) is 91.1 cm³/mol. The summed E-state index contributed by atoms with van der Waals surface area (Å²) in [6.45, 7) is 0.341. The van der Waals surface area contributed by atoms with Gasteiger partial charge in [0.15, 0.2) is 12.4 Å². The summed E-state index contributed by atoms with van der Waals surface area (Å²) in [6.07, 6.45) is 5.70. The van der Waals surface area contributed by atoms with Crippen LogP contribution >= 0.6 is 0 Å². The van der Waals surface area contributed by atoms with Gasteiger partial charge in [0.25, 0.3) is 5.91 Å². The summed E-state index contributed by atoms with van der Waals surface area (Å²) in [7, 11) is 4.09. The van der Waals surface area contributed by atoms with Crippen LogP contribution in [0, 0.1) is 10.1 Å². The average molecular weight is 335 g/mol. The molecule has 1 amide bonds. The summed E-state index contributed by atoms with van der Waals surface area (Å²) >= 11 is 0. The summed E-state index contributed by atoms with van der Waals surface area (Å²) in [6, 6.07) is 6.06. The standard InChI is InChI=1S/C17H25N3O4/c1-19(2)17(10-6-3-7-11-17)13-18-16(21)12-24-15-9-5-4-8-14(15)20(22)23/h4-5,8-9H,3,6-7,10-13H2,1-2H3,(H,18,21). The third-order valence-electron chi connectivity index (χ3n) is 4.77. The maximum absolute atomic E-state index is 12.1. The molecule has 132 valence electrons. The van der Waals surface area contributed by atoms with Gasteiger partial charge in [-0.15, -0.1) is 0 Å². The van der Waals surface area contributed by atoms with Crippen molar-refractivity contribution >= 4 is 11.6 Å². The van der Waals surface area contributed by atoms with Gasteiger partial charge in [0.1, 0.15) is 0 Å². The zero-order valence-electron chi connectivity index (χ0n) is 14.3. The lowest BCUT2D eigenvalue weighted by Crippen LogP contribution is -2.54. The summed E-state index contributed by atoms with van der Waals surface area (Å²) in [5, 5.41) is 13.9. The van der Waals surface area contributed by atoms with E-state index in [0.717, 1.165) is 12.8 Å². The third-order valence-corrected chi connectivity index (χ3v) is 4.77. The number of benzene rings is 1. The number of para-hydroxylation sites is 2. The van der Waals surface area contributed by atoms with Crippen LogP contribution in [-0.2, 0) is 4.79 Å². The lowest BCUT2D eigenvalue weighted by Gasteiger charge is -2.43. The Bertz CT molecular complexity index is 583. The number of nitrogens with one attached hydrogen (secondary N) is 1. The summed E-state index contributed by atoms with van der Waals surface area (Å²) in [5.41, 5.74) is -0.144. The van der Waals surface area contributed by atoms with E-state index in [4.69, 9.17) is 4.74 Å². The Labute approximate surface area is 142 Å². The molecule has 7 heteroatoms. The second-order valence-corrected chi connectivity index (χ2v) is 6.47. The molecule has 1 aliphatic rings. The number of nitro groups is 1. The molecule has 1 saturated carbocycles. The van der Waals surface area contributed by atoms with E-state index in [1.807, 2.05) is 14.1 Å². The highest BCUT2D eigenvalue weighted by molar-refractivity contribution is 5.77. The molecule has 24 heavy (non-hydrogen) atoms. The Hall–Kier alpha value is -2.15. The molecule has 1 fully saturated rings. The van der Waals surface area contributed by atoms with Crippen LogP contribution in [-0.4, -0.2) is 48.5 Å². The molecule has 0 spiro atoms. The number of carbonyl (C=O) groups excluding carboxylic acids is 1. The summed E-state index contributed by atoms with van der Waals surface area (Å²) < 4.78 is 5.33. The SMILES string of the molecule is CN(C)C1(CNC(=O)COc2ccccc2[N+](=O)[O-])CCCCC1. The van der Waals surface area contributed by atoms with Crippen molar-refractivity contribution in [3.05, 3.63) is 34.4 Å². The second-order valence-electron chi connectivity index (χ2n) is 6.47. The zero-order valence-corrected chi connectivity index (χ0v) is 14.3. The fraction of sp³-hybridized carbons (Fsp3) is 0.588. The van der Waals surface area contributed by atoms with Crippen LogP contribution in [0.4, 0.5) is 5.69 Å². The van der Waals surface area contributed by atoms with Crippen LogP contribution in [0.15, 0.2) is 24.3 Å². The quantitative estimate of drug-likeness (QED) is 0.611. The molecule has 0 unspecified atom stereocenters. The highest BCUT2D eigenvalue weighted by atomic mass is 16.6. The molecule has 0 atom stereocenters. The number of nitro benzene ring substituents is 1. The molecular weight excluding hydrogens is 310 g/mol.